The highest BCUT2D eigenvalue weighted by Gasteiger charge is 2.27. The van der Waals surface area contributed by atoms with Gasteiger partial charge in [-0.15, -0.1) is 0 Å². The molecule has 0 bridgehead atoms. The van der Waals surface area contributed by atoms with Crippen molar-refractivity contribution in [1.29, 1.82) is 5.26 Å². The average Bonchev–Trinajstić information content (AvgIpc) is 2.46. The molecule has 1 fully saturated rings. The molecular weight excluding hydrogens is 247 g/mol. The summed E-state index contributed by atoms with van der Waals surface area (Å²) in [6.07, 6.45) is 1.63. The van der Waals surface area contributed by atoms with Gasteiger partial charge in [-0.05, 0) is 31.0 Å². The third kappa shape index (κ3) is 2.84. The highest BCUT2D eigenvalue weighted by Crippen LogP contribution is 2.27. The number of hydrogen-bond donors (Lipinski definition) is 0. The zero-order valence-corrected chi connectivity index (χ0v) is 10.7. The van der Waals surface area contributed by atoms with Gasteiger partial charge in [0.1, 0.15) is 11.9 Å². The number of hydrogen-bond acceptors (Lipinski definition) is 4. The molecule has 1 saturated heterocycles. The third-order valence-corrected chi connectivity index (χ3v) is 3.38. The van der Waals surface area contributed by atoms with Gasteiger partial charge in [-0.25, -0.2) is 4.39 Å². The van der Waals surface area contributed by atoms with Gasteiger partial charge in [-0.1, -0.05) is 0 Å². The second-order valence-corrected chi connectivity index (χ2v) is 4.58. The van der Waals surface area contributed by atoms with Crippen molar-refractivity contribution in [3.8, 4) is 6.07 Å². The number of piperidine rings is 1. The van der Waals surface area contributed by atoms with Crippen LogP contribution in [-0.2, 0) is 9.53 Å². The first-order valence-electron chi connectivity index (χ1n) is 6.18. The Bertz CT molecular complexity index is 525. The number of nitriles is 1. The van der Waals surface area contributed by atoms with Gasteiger partial charge in [0.2, 0.25) is 0 Å². The van der Waals surface area contributed by atoms with Crippen LogP contribution in [0.5, 0.6) is 0 Å². The first kappa shape index (κ1) is 13.3. The van der Waals surface area contributed by atoms with Crippen molar-refractivity contribution < 1.29 is 13.9 Å². The summed E-state index contributed by atoms with van der Waals surface area (Å²) in [4.78, 5) is 13.5. The Hall–Kier alpha value is -2.09. The lowest BCUT2D eigenvalue weighted by Crippen LogP contribution is -2.39. The molecule has 0 N–H and O–H groups in total. The Kier molecular flexibility index (Phi) is 4.00. The Labute approximate surface area is 111 Å². The van der Waals surface area contributed by atoms with E-state index in [0.29, 0.717) is 17.8 Å². The number of carbonyl (C=O) groups is 1. The maximum atomic E-state index is 13.1. The van der Waals surface area contributed by atoms with E-state index in [1.165, 1.54) is 19.2 Å². The smallest absolute Gasteiger partial charge is 0.310 e. The van der Waals surface area contributed by atoms with Gasteiger partial charge in [0.05, 0.1) is 24.3 Å². The van der Waals surface area contributed by atoms with Crippen molar-refractivity contribution in [1.82, 2.24) is 0 Å². The molecule has 0 aromatic heterocycles. The molecule has 1 aliphatic rings. The largest absolute Gasteiger partial charge is 0.469 e. The minimum absolute atomic E-state index is 0.185. The summed E-state index contributed by atoms with van der Waals surface area (Å²) >= 11 is 0. The molecule has 0 spiro atoms. The van der Waals surface area contributed by atoms with Gasteiger partial charge < -0.3 is 9.64 Å². The summed E-state index contributed by atoms with van der Waals surface area (Å²) in [6.45, 7) is 1.26. The third-order valence-electron chi connectivity index (χ3n) is 3.38. The number of carbonyl (C=O) groups excluding carboxylic acids is 1. The molecule has 1 heterocycles. The molecule has 100 valence electrons. The molecule has 5 heteroatoms. The zero-order chi connectivity index (χ0) is 13.8. The topological polar surface area (TPSA) is 53.3 Å². The molecule has 1 unspecified atom stereocenters. The van der Waals surface area contributed by atoms with Gasteiger partial charge in [0.25, 0.3) is 0 Å². The predicted octanol–water partition coefficient (Wildman–Crippen LogP) is 2.09. The van der Waals surface area contributed by atoms with Crippen LogP contribution in [0.4, 0.5) is 10.1 Å². The highest BCUT2D eigenvalue weighted by atomic mass is 19.1. The summed E-state index contributed by atoms with van der Waals surface area (Å²) in [5.41, 5.74) is 0.975. The molecule has 1 aromatic rings. The normalized spacial score (nSPS) is 18.8. The minimum atomic E-state index is -0.429. The monoisotopic (exact) mass is 262 g/mol. The van der Waals surface area contributed by atoms with E-state index in [1.54, 1.807) is 6.07 Å². The minimum Gasteiger partial charge on any atom is -0.469 e. The van der Waals surface area contributed by atoms with E-state index in [4.69, 9.17) is 10.00 Å². The molecule has 2 rings (SSSR count). The van der Waals surface area contributed by atoms with Gasteiger partial charge in [0.15, 0.2) is 0 Å². The number of rotatable bonds is 2. The summed E-state index contributed by atoms with van der Waals surface area (Å²) in [6, 6.07) is 6.14. The van der Waals surface area contributed by atoms with Crippen LogP contribution in [0.3, 0.4) is 0 Å². The van der Waals surface area contributed by atoms with Gasteiger partial charge in [0, 0.05) is 13.1 Å². The zero-order valence-electron chi connectivity index (χ0n) is 10.7. The standard InChI is InChI=1S/C14H15FN2O2/c1-19-14(18)10-3-2-6-17(9-10)13-5-4-12(15)7-11(13)8-16/h4-5,7,10H,2-3,6,9H2,1H3. The van der Waals surface area contributed by atoms with Crippen molar-refractivity contribution >= 4 is 11.7 Å². The van der Waals surface area contributed by atoms with E-state index in [-0.39, 0.29) is 11.9 Å². The highest BCUT2D eigenvalue weighted by molar-refractivity contribution is 5.74. The van der Waals surface area contributed by atoms with E-state index < -0.39 is 5.82 Å². The van der Waals surface area contributed by atoms with Crippen LogP contribution in [0.15, 0.2) is 18.2 Å². The maximum absolute atomic E-state index is 13.1. The van der Waals surface area contributed by atoms with Crippen molar-refractivity contribution in [2.75, 3.05) is 25.1 Å². The number of esters is 1. The number of methoxy groups -OCH3 is 1. The number of benzene rings is 1. The predicted molar refractivity (Wildman–Crippen MR) is 68.1 cm³/mol. The molecule has 1 atom stereocenters. The van der Waals surface area contributed by atoms with Gasteiger partial charge >= 0.3 is 5.97 Å². The van der Waals surface area contributed by atoms with Crippen molar-refractivity contribution in [2.24, 2.45) is 5.92 Å². The van der Waals surface area contributed by atoms with Gasteiger partial charge in [-0.2, -0.15) is 5.26 Å². The fraction of sp³-hybridized carbons (Fsp3) is 0.429. The fourth-order valence-corrected chi connectivity index (χ4v) is 2.43. The molecule has 0 aliphatic carbocycles. The second-order valence-electron chi connectivity index (χ2n) is 4.58. The average molecular weight is 262 g/mol. The molecular formula is C14H15FN2O2. The maximum Gasteiger partial charge on any atom is 0.310 e. The Morgan fingerprint density at radius 2 is 2.37 bits per heavy atom. The van der Waals surface area contributed by atoms with E-state index in [1.807, 2.05) is 11.0 Å². The van der Waals surface area contributed by atoms with Crippen LogP contribution in [0, 0.1) is 23.1 Å². The molecule has 0 amide bonds. The fourth-order valence-electron chi connectivity index (χ4n) is 2.43. The van der Waals surface area contributed by atoms with Crippen LogP contribution in [0.25, 0.3) is 0 Å². The van der Waals surface area contributed by atoms with Crippen LogP contribution >= 0.6 is 0 Å². The lowest BCUT2D eigenvalue weighted by molar-refractivity contribution is -0.145. The number of nitrogens with zero attached hydrogens (tertiary/aromatic N) is 2. The SMILES string of the molecule is COC(=O)C1CCCN(c2ccc(F)cc2C#N)C1. The number of anilines is 1. The number of halogens is 1. The quantitative estimate of drug-likeness (QED) is 0.766. The van der Waals surface area contributed by atoms with E-state index in [2.05, 4.69) is 0 Å². The number of ether oxygens (including phenoxy) is 1. The summed E-state index contributed by atoms with van der Waals surface area (Å²) in [7, 11) is 1.37. The molecule has 4 nitrogen and oxygen atoms in total. The first-order valence-corrected chi connectivity index (χ1v) is 6.18. The van der Waals surface area contributed by atoms with Crippen molar-refractivity contribution in [3.63, 3.8) is 0 Å². The Balaban J connectivity index is 2.22. The Morgan fingerprint density at radius 3 is 3.05 bits per heavy atom. The molecule has 0 saturated carbocycles. The summed E-state index contributed by atoms with van der Waals surface area (Å²) in [5.74, 6) is -0.845. The van der Waals surface area contributed by atoms with E-state index in [9.17, 15) is 9.18 Å². The molecule has 1 aliphatic heterocycles. The lowest BCUT2D eigenvalue weighted by atomic mass is 9.97. The molecule has 19 heavy (non-hydrogen) atoms. The van der Waals surface area contributed by atoms with E-state index >= 15 is 0 Å². The van der Waals surface area contributed by atoms with Crippen molar-refractivity contribution in [3.05, 3.63) is 29.6 Å². The lowest BCUT2D eigenvalue weighted by Gasteiger charge is -2.33. The van der Waals surface area contributed by atoms with E-state index in [0.717, 1.165) is 19.4 Å². The van der Waals surface area contributed by atoms with Crippen LogP contribution in [-0.4, -0.2) is 26.2 Å². The molecule has 0 radical (unpaired) electrons. The van der Waals surface area contributed by atoms with Crippen LogP contribution in [0.2, 0.25) is 0 Å². The summed E-state index contributed by atoms with van der Waals surface area (Å²) < 4.78 is 17.9. The first-order chi connectivity index (χ1) is 9.15. The Morgan fingerprint density at radius 1 is 1.58 bits per heavy atom. The van der Waals surface area contributed by atoms with Crippen LogP contribution < -0.4 is 4.90 Å². The van der Waals surface area contributed by atoms with Gasteiger partial charge in [-0.3, -0.25) is 4.79 Å². The molecule has 1 aromatic carbocycles. The summed E-state index contributed by atoms with van der Waals surface area (Å²) in [5, 5.41) is 9.06. The second kappa shape index (κ2) is 5.70. The van der Waals surface area contributed by atoms with Crippen LogP contribution in [0.1, 0.15) is 18.4 Å². The van der Waals surface area contributed by atoms with Crippen molar-refractivity contribution in [2.45, 2.75) is 12.8 Å².